The van der Waals surface area contributed by atoms with Gasteiger partial charge in [0.1, 0.15) is 12.4 Å². The minimum atomic E-state index is -0.639. The predicted octanol–water partition coefficient (Wildman–Crippen LogP) is 1.82. The molecule has 0 bridgehead atoms. The van der Waals surface area contributed by atoms with Gasteiger partial charge in [-0.3, -0.25) is 4.79 Å². The Morgan fingerprint density at radius 2 is 2.32 bits per heavy atom. The van der Waals surface area contributed by atoms with Crippen LogP contribution in [-0.4, -0.2) is 33.2 Å². The number of carbonyl (C=O) groups is 1. The summed E-state index contributed by atoms with van der Waals surface area (Å²) in [5, 5.41) is 11.8. The fourth-order valence-electron chi connectivity index (χ4n) is 0.787. The van der Waals surface area contributed by atoms with Crippen LogP contribution in [-0.2, 0) is 4.74 Å². The lowest BCUT2D eigenvalue weighted by atomic mass is 10.4. The number of aromatic nitrogens is 1. The molecule has 0 fully saturated rings. The smallest absolute Gasteiger partial charge is 0.273 e. The van der Waals surface area contributed by atoms with Gasteiger partial charge in [-0.2, -0.15) is 0 Å². The molecule has 0 aliphatic heterocycles. The van der Waals surface area contributed by atoms with E-state index in [0.717, 1.165) is 0 Å². The van der Waals surface area contributed by atoms with Crippen LogP contribution in [0, 0.1) is 0 Å². The topological polar surface area (TPSA) is 97.5 Å². The lowest BCUT2D eigenvalue weighted by Gasteiger charge is -2.10. The molecule has 1 heterocycles. The van der Waals surface area contributed by atoms with Crippen LogP contribution in [0.4, 0.5) is 10.6 Å². The van der Waals surface area contributed by atoms with Crippen molar-refractivity contribution in [3.8, 4) is 0 Å². The van der Waals surface area contributed by atoms with Gasteiger partial charge in [-0.1, -0.05) is 24.2 Å². The SMILES string of the molecule is CC(O)COC(=S)Nc1ccc(Cl)cn1.NC(=O)S. The molecule has 1 aromatic rings. The summed E-state index contributed by atoms with van der Waals surface area (Å²) in [6.07, 6.45) is 0.948. The summed E-state index contributed by atoms with van der Waals surface area (Å²) in [4.78, 5) is 13.1. The maximum atomic E-state index is 9.09. The quantitative estimate of drug-likeness (QED) is 0.500. The Labute approximate surface area is 126 Å². The van der Waals surface area contributed by atoms with Crippen LogP contribution in [0.2, 0.25) is 5.02 Å². The molecule has 0 aromatic carbocycles. The number of pyridine rings is 1. The van der Waals surface area contributed by atoms with E-state index in [9.17, 15) is 0 Å². The number of amides is 1. The van der Waals surface area contributed by atoms with Crippen LogP contribution in [0.25, 0.3) is 0 Å². The van der Waals surface area contributed by atoms with Crippen molar-refractivity contribution in [3.63, 3.8) is 0 Å². The van der Waals surface area contributed by atoms with Crippen molar-refractivity contribution in [2.75, 3.05) is 11.9 Å². The minimum Gasteiger partial charge on any atom is -0.468 e. The number of thiocarbonyl (C=S) groups is 1. The first kappa shape index (κ1) is 17.9. The first-order valence-corrected chi connectivity index (χ1v) is 6.26. The van der Waals surface area contributed by atoms with E-state index in [4.69, 9.17) is 38.5 Å². The average molecular weight is 324 g/mol. The number of nitrogens with two attached hydrogens (primary N) is 1. The molecule has 0 aliphatic carbocycles. The highest BCUT2D eigenvalue weighted by atomic mass is 35.5. The van der Waals surface area contributed by atoms with Crippen molar-refractivity contribution in [2.24, 2.45) is 5.73 Å². The van der Waals surface area contributed by atoms with Crippen LogP contribution >= 0.6 is 36.4 Å². The van der Waals surface area contributed by atoms with Gasteiger partial charge in [0.15, 0.2) is 0 Å². The van der Waals surface area contributed by atoms with E-state index < -0.39 is 11.3 Å². The summed E-state index contributed by atoms with van der Waals surface area (Å²) in [6.45, 7) is 1.77. The molecule has 6 nitrogen and oxygen atoms in total. The number of aliphatic hydroxyl groups is 1. The molecule has 19 heavy (non-hydrogen) atoms. The van der Waals surface area contributed by atoms with E-state index in [1.807, 2.05) is 0 Å². The van der Waals surface area contributed by atoms with Gasteiger partial charge in [0.2, 0.25) is 0 Å². The third kappa shape index (κ3) is 11.7. The van der Waals surface area contributed by atoms with E-state index in [1.165, 1.54) is 6.20 Å². The molecule has 1 unspecified atom stereocenters. The van der Waals surface area contributed by atoms with Crippen molar-refractivity contribution < 1.29 is 14.6 Å². The van der Waals surface area contributed by atoms with Crippen LogP contribution in [0.15, 0.2) is 18.3 Å². The number of halogens is 1. The number of rotatable bonds is 3. The standard InChI is InChI=1S/C9H11ClN2O2S.CH3NOS/c1-6(13)5-14-9(15)12-8-3-2-7(10)4-11-8;2-1(3)4/h2-4,6,13H,5H2,1H3,(H,11,12,15);(H3,2,3,4). The van der Waals surface area contributed by atoms with Crippen LogP contribution in [0.5, 0.6) is 0 Å². The first-order chi connectivity index (χ1) is 8.81. The third-order valence-electron chi connectivity index (χ3n) is 1.41. The first-order valence-electron chi connectivity index (χ1n) is 5.03. The minimum absolute atomic E-state index is 0.152. The van der Waals surface area contributed by atoms with Gasteiger partial charge >= 0.3 is 0 Å². The van der Waals surface area contributed by atoms with Crippen LogP contribution in [0.3, 0.4) is 0 Å². The number of hydrogen-bond donors (Lipinski definition) is 4. The Kier molecular flexibility index (Phi) is 9.23. The van der Waals surface area contributed by atoms with Gasteiger partial charge in [-0.25, -0.2) is 4.98 Å². The summed E-state index contributed by atoms with van der Waals surface area (Å²) < 4.78 is 5.03. The number of hydrogen-bond acceptors (Lipinski definition) is 5. The summed E-state index contributed by atoms with van der Waals surface area (Å²) >= 11 is 13.6. The van der Waals surface area contributed by atoms with Gasteiger partial charge in [0.25, 0.3) is 10.4 Å². The maximum absolute atomic E-state index is 9.09. The van der Waals surface area contributed by atoms with E-state index in [2.05, 4.69) is 28.7 Å². The van der Waals surface area contributed by atoms with Crippen molar-refractivity contribution in [3.05, 3.63) is 23.4 Å². The van der Waals surface area contributed by atoms with Gasteiger partial charge in [0, 0.05) is 6.20 Å². The Morgan fingerprint density at radius 3 is 2.74 bits per heavy atom. The van der Waals surface area contributed by atoms with Gasteiger partial charge in [0.05, 0.1) is 11.1 Å². The van der Waals surface area contributed by atoms with Crippen molar-refractivity contribution in [1.82, 2.24) is 4.98 Å². The molecule has 0 spiro atoms. The maximum Gasteiger partial charge on any atom is 0.273 e. The van der Waals surface area contributed by atoms with Crippen molar-refractivity contribution in [1.29, 1.82) is 0 Å². The second kappa shape index (κ2) is 9.79. The number of nitrogens with one attached hydrogen (secondary N) is 1. The van der Waals surface area contributed by atoms with E-state index in [1.54, 1.807) is 19.1 Å². The Bertz CT molecular complexity index is 411. The van der Waals surface area contributed by atoms with Gasteiger partial charge in [-0.15, -0.1) is 0 Å². The fourth-order valence-corrected chi connectivity index (χ4v) is 1.07. The number of carbonyl (C=O) groups excluding carboxylic acids is 1. The van der Waals surface area contributed by atoms with E-state index in [-0.39, 0.29) is 11.8 Å². The molecule has 0 radical (unpaired) electrons. The number of thiol groups is 1. The molecule has 0 aliphatic rings. The number of anilines is 1. The summed E-state index contributed by atoms with van der Waals surface area (Å²) in [7, 11) is 0. The summed E-state index contributed by atoms with van der Waals surface area (Å²) in [5.41, 5.74) is 4.34. The normalized spacial score (nSPS) is 10.7. The summed E-state index contributed by atoms with van der Waals surface area (Å²) in [5.74, 6) is 0.551. The Hall–Kier alpha value is -1.09. The van der Waals surface area contributed by atoms with Crippen molar-refractivity contribution in [2.45, 2.75) is 13.0 Å². The number of primary amides is 1. The molecule has 0 saturated heterocycles. The Morgan fingerprint density at radius 1 is 1.74 bits per heavy atom. The zero-order valence-corrected chi connectivity index (χ0v) is 12.5. The molecule has 1 amide bonds. The molecule has 1 aromatic heterocycles. The second-order valence-electron chi connectivity index (χ2n) is 3.27. The molecule has 106 valence electrons. The average Bonchev–Trinajstić information content (AvgIpc) is 2.29. The zero-order chi connectivity index (χ0) is 14.8. The number of ether oxygens (including phenoxy) is 1. The highest BCUT2D eigenvalue weighted by Crippen LogP contribution is 2.09. The second-order valence-corrected chi connectivity index (χ2v) is 4.52. The molecule has 1 atom stereocenters. The largest absolute Gasteiger partial charge is 0.468 e. The third-order valence-corrected chi connectivity index (χ3v) is 1.86. The van der Waals surface area contributed by atoms with Gasteiger partial charge in [-0.05, 0) is 31.3 Å². The molecule has 4 N–H and O–H groups in total. The van der Waals surface area contributed by atoms with Crippen LogP contribution in [0.1, 0.15) is 6.92 Å². The lowest BCUT2D eigenvalue weighted by molar-refractivity contribution is 0.119. The van der Waals surface area contributed by atoms with Crippen molar-refractivity contribution >= 4 is 52.7 Å². The van der Waals surface area contributed by atoms with E-state index >= 15 is 0 Å². The molecular formula is C10H14ClN3O3S2. The molecular weight excluding hydrogens is 310 g/mol. The van der Waals surface area contributed by atoms with E-state index in [0.29, 0.717) is 10.8 Å². The predicted molar refractivity (Wildman–Crippen MR) is 81.7 cm³/mol. The molecule has 1 rings (SSSR count). The van der Waals surface area contributed by atoms with Gasteiger partial charge < -0.3 is 20.9 Å². The highest BCUT2D eigenvalue weighted by molar-refractivity contribution is 7.96. The fraction of sp³-hybridized carbons (Fsp3) is 0.300. The molecule has 9 heteroatoms. The summed E-state index contributed by atoms with van der Waals surface area (Å²) in [6, 6.07) is 3.37. The number of nitrogens with zero attached hydrogens (tertiary/aromatic N) is 1. The zero-order valence-electron chi connectivity index (χ0n) is 10.0. The highest BCUT2D eigenvalue weighted by Gasteiger charge is 2.02. The van der Waals surface area contributed by atoms with Crippen LogP contribution < -0.4 is 11.1 Å². The molecule has 0 saturated carbocycles. The monoisotopic (exact) mass is 323 g/mol. The number of aliphatic hydroxyl groups excluding tert-OH is 1. The Balaban J connectivity index is 0.000000711. The lowest BCUT2D eigenvalue weighted by Crippen LogP contribution is -2.19.